The predicted octanol–water partition coefficient (Wildman–Crippen LogP) is 3.59. The van der Waals surface area contributed by atoms with Gasteiger partial charge in [-0.3, -0.25) is 4.99 Å². The summed E-state index contributed by atoms with van der Waals surface area (Å²) in [5.41, 5.74) is 6.03. The van der Waals surface area contributed by atoms with Gasteiger partial charge in [-0.05, 0) is 23.6 Å². The van der Waals surface area contributed by atoms with Crippen LogP contribution >= 0.6 is 11.6 Å². The van der Waals surface area contributed by atoms with Crippen LogP contribution in [-0.4, -0.2) is 76.6 Å². The third-order valence-corrected chi connectivity index (χ3v) is 7.49. The minimum Gasteiger partial charge on any atom is -0.456 e. The number of nitrogens with zero attached hydrogens (tertiary/aromatic N) is 3. The van der Waals surface area contributed by atoms with Gasteiger partial charge in [-0.2, -0.15) is 4.98 Å². The van der Waals surface area contributed by atoms with Crippen molar-refractivity contribution in [3.8, 4) is 28.4 Å². The highest BCUT2D eigenvalue weighted by molar-refractivity contribution is 6.33. The first-order chi connectivity index (χ1) is 18.6. The second kappa shape index (κ2) is 9.67. The van der Waals surface area contributed by atoms with Gasteiger partial charge in [0.1, 0.15) is 24.1 Å². The maximum Gasteiger partial charge on any atom is 0.296 e. The number of aromatic amines is 1. The molecule has 0 radical (unpaired) electrons. The number of aliphatic hydroxyl groups is 1. The lowest BCUT2D eigenvalue weighted by Gasteiger charge is -2.15. The van der Waals surface area contributed by atoms with Crippen LogP contribution in [0.4, 0.5) is 0 Å². The van der Waals surface area contributed by atoms with E-state index < -0.39 is 6.10 Å². The Morgan fingerprint density at radius 2 is 1.61 bits per heavy atom. The zero-order valence-corrected chi connectivity index (χ0v) is 21.2. The molecule has 10 heteroatoms. The Labute approximate surface area is 223 Å². The molecule has 0 spiro atoms. The molecule has 4 aromatic rings. The number of aromatic nitrogens is 3. The molecule has 2 fully saturated rings. The van der Waals surface area contributed by atoms with Crippen molar-refractivity contribution in [3.63, 3.8) is 0 Å². The number of hydrogen-bond donors (Lipinski definition) is 3. The number of aliphatic imine (C=N–C) groups is 1. The molecule has 4 atom stereocenters. The monoisotopic (exact) mass is 531 g/mol. The molecule has 0 saturated carbocycles. The average Bonchev–Trinajstić information content (AvgIpc) is 3.65. The van der Waals surface area contributed by atoms with Crippen molar-refractivity contribution in [1.29, 1.82) is 0 Å². The summed E-state index contributed by atoms with van der Waals surface area (Å²) in [5, 5.41) is 13.8. The molecule has 3 aliphatic heterocycles. The van der Waals surface area contributed by atoms with Crippen LogP contribution < -0.4 is 10.1 Å². The Balaban J connectivity index is 1.10. The number of fused-ring (bicyclic) bond motifs is 2. The van der Waals surface area contributed by atoms with Crippen molar-refractivity contribution >= 4 is 28.6 Å². The molecule has 0 amide bonds. The number of H-pyrrole nitrogens is 1. The minimum absolute atomic E-state index is 0.243. The van der Waals surface area contributed by atoms with Crippen molar-refractivity contribution < 1.29 is 19.3 Å². The SMILES string of the molecule is O[C@@H]1COC2C1OC[C@H]2Oc1nc2nc(-c3ccc(-c4ccc(C5=NCCCN5)cc4)cc3)c(Cl)cc2[nH]1. The second-order valence-electron chi connectivity index (χ2n) is 9.72. The molecule has 2 saturated heterocycles. The number of aliphatic hydroxyl groups excluding tert-OH is 1. The molecular formula is C28H26ClN5O4. The molecule has 0 bridgehead atoms. The van der Waals surface area contributed by atoms with Crippen molar-refractivity contribution in [3.05, 3.63) is 65.2 Å². The summed E-state index contributed by atoms with van der Waals surface area (Å²) in [6.45, 7) is 2.40. The molecule has 2 unspecified atom stereocenters. The Hall–Kier alpha value is -3.50. The number of halogens is 1. The van der Waals surface area contributed by atoms with Gasteiger partial charge in [0.25, 0.3) is 6.01 Å². The van der Waals surface area contributed by atoms with E-state index in [-0.39, 0.29) is 24.9 Å². The largest absolute Gasteiger partial charge is 0.456 e. The predicted molar refractivity (Wildman–Crippen MR) is 144 cm³/mol. The quantitative estimate of drug-likeness (QED) is 0.360. The Kier molecular flexibility index (Phi) is 6.01. The standard InChI is InChI=1S/C28H26ClN5O4/c29-19-12-20-27(34-28(32-20)38-22-14-37-24-21(35)13-36-25(22)24)33-23(19)17-6-2-15(3-7-17)16-4-8-18(9-5-16)26-30-10-1-11-31-26/h2-9,12,21-22,24-25,35H,1,10-11,13-14H2,(H,30,31)(H,32,33,34)/t21-,22-,24?,25?/m1/s1. The summed E-state index contributed by atoms with van der Waals surface area (Å²) < 4.78 is 17.3. The van der Waals surface area contributed by atoms with Gasteiger partial charge in [-0.15, -0.1) is 0 Å². The zero-order chi connectivity index (χ0) is 25.6. The lowest BCUT2D eigenvalue weighted by molar-refractivity contribution is 0.00706. The molecule has 0 aliphatic carbocycles. The number of ether oxygens (including phenoxy) is 3. The fourth-order valence-corrected chi connectivity index (χ4v) is 5.47. The maximum absolute atomic E-state index is 9.95. The molecule has 38 heavy (non-hydrogen) atoms. The first kappa shape index (κ1) is 23.6. The van der Waals surface area contributed by atoms with E-state index in [1.165, 1.54) is 0 Å². The fourth-order valence-electron chi connectivity index (χ4n) is 5.21. The van der Waals surface area contributed by atoms with Gasteiger partial charge in [0.2, 0.25) is 0 Å². The lowest BCUT2D eigenvalue weighted by Crippen LogP contribution is -2.34. The summed E-state index contributed by atoms with van der Waals surface area (Å²) in [5.74, 6) is 0.965. The van der Waals surface area contributed by atoms with E-state index in [1.54, 1.807) is 6.07 Å². The van der Waals surface area contributed by atoms with E-state index in [1.807, 2.05) is 12.1 Å². The van der Waals surface area contributed by atoms with Crippen LogP contribution in [0, 0.1) is 0 Å². The van der Waals surface area contributed by atoms with Crippen LogP contribution in [0.1, 0.15) is 12.0 Å². The lowest BCUT2D eigenvalue weighted by atomic mass is 10.0. The summed E-state index contributed by atoms with van der Waals surface area (Å²) in [4.78, 5) is 16.9. The van der Waals surface area contributed by atoms with Gasteiger partial charge in [-0.25, -0.2) is 4.98 Å². The fraction of sp³-hybridized carbons (Fsp3) is 0.321. The van der Waals surface area contributed by atoms with Gasteiger partial charge in [0, 0.05) is 24.2 Å². The summed E-state index contributed by atoms with van der Waals surface area (Å²) in [7, 11) is 0. The zero-order valence-electron chi connectivity index (χ0n) is 20.4. The first-order valence-corrected chi connectivity index (χ1v) is 13.1. The van der Waals surface area contributed by atoms with Gasteiger partial charge in [-0.1, -0.05) is 60.1 Å². The third kappa shape index (κ3) is 4.31. The van der Waals surface area contributed by atoms with Gasteiger partial charge >= 0.3 is 0 Å². The molecule has 2 aromatic carbocycles. The highest BCUT2D eigenvalue weighted by Crippen LogP contribution is 2.33. The third-order valence-electron chi connectivity index (χ3n) is 7.20. The number of imidazole rings is 1. The number of benzene rings is 2. The average molecular weight is 532 g/mol. The van der Waals surface area contributed by atoms with Crippen molar-refractivity contribution in [1.82, 2.24) is 20.3 Å². The summed E-state index contributed by atoms with van der Waals surface area (Å²) >= 11 is 6.62. The smallest absolute Gasteiger partial charge is 0.296 e. The maximum atomic E-state index is 9.95. The van der Waals surface area contributed by atoms with Crippen LogP contribution in [0.25, 0.3) is 33.5 Å². The van der Waals surface area contributed by atoms with E-state index in [2.05, 4.69) is 56.7 Å². The molecule has 7 rings (SSSR count). The van der Waals surface area contributed by atoms with Crippen LogP contribution in [0.15, 0.2) is 59.6 Å². The Morgan fingerprint density at radius 1 is 0.895 bits per heavy atom. The van der Waals surface area contributed by atoms with Crippen LogP contribution in [0.2, 0.25) is 5.02 Å². The van der Waals surface area contributed by atoms with Gasteiger partial charge in [0.15, 0.2) is 11.8 Å². The van der Waals surface area contributed by atoms with E-state index >= 15 is 0 Å². The van der Waals surface area contributed by atoms with Crippen LogP contribution in [0.5, 0.6) is 6.01 Å². The highest BCUT2D eigenvalue weighted by Gasteiger charge is 2.48. The van der Waals surface area contributed by atoms with Gasteiger partial charge < -0.3 is 29.6 Å². The molecule has 2 aromatic heterocycles. The van der Waals surface area contributed by atoms with Crippen molar-refractivity contribution in [2.24, 2.45) is 4.99 Å². The van der Waals surface area contributed by atoms with Crippen molar-refractivity contribution in [2.75, 3.05) is 26.3 Å². The van der Waals surface area contributed by atoms with E-state index in [9.17, 15) is 5.11 Å². The Bertz CT molecular complexity index is 1500. The number of pyridine rings is 1. The molecule has 3 N–H and O–H groups in total. The van der Waals surface area contributed by atoms with Crippen LogP contribution in [0.3, 0.4) is 0 Å². The van der Waals surface area contributed by atoms with E-state index in [0.717, 1.165) is 47.6 Å². The number of nitrogens with one attached hydrogen (secondary N) is 2. The first-order valence-electron chi connectivity index (χ1n) is 12.8. The van der Waals surface area contributed by atoms with Crippen molar-refractivity contribution in [2.45, 2.75) is 30.8 Å². The second-order valence-corrected chi connectivity index (χ2v) is 10.1. The molecule has 9 nitrogen and oxygen atoms in total. The topological polar surface area (TPSA) is 114 Å². The molecular weight excluding hydrogens is 506 g/mol. The molecule has 194 valence electrons. The number of hydrogen-bond acceptors (Lipinski definition) is 8. The number of rotatable bonds is 5. The summed E-state index contributed by atoms with van der Waals surface area (Å²) in [6, 6.07) is 18.7. The van der Waals surface area contributed by atoms with E-state index in [0.29, 0.717) is 34.5 Å². The van der Waals surface area contributed by atoms with Gasteiger partial charge in [0.05, 0.1) is 29.4 Å². The normalized spacial score (nSPS) is 24.7. The minimum atomic E-state index is -0.633. The van der Waals surface area contributed by atoms with E-state index in [4.69, 9.17) is 30.8 Å². The number of amidine groups is 1. The van der Waals surface area contributed by atoms with Crippen LogP contribution in [-0.2, 0) is 9.47 Å². The molecule has 5 heterocycles. The highest BCUT2D eigenvalue weighted by atomic mass is 35.5. The molecule has 3 aliphatic rings. The summed E-state index contributed by atoms with van der Waals surface area (Å²) in [6.07, 6.45) is -0.606. The Morgan fingerprint density at radius 3 is 2.34 bits per heavy atom.